The van der Waals surface area contributed by atoms with E-state index in [0.717, 1.165) is 0 Å². The molecule has 1 heterocycles. The topological polar surface area (TPSA) is 19.7 Å². The Morgan fingerprint density at radius 3 is 1.29 bits per heavy atom. The van der Waals surface area contributed by atoms with Gasteiger partial charge in [0, 0.05) is 0 Å². The monoisotopic (exact) mass is 532 g/mol. The molecule has 2 unspecified atom stereocenters. The highest BCUT2D eigenvalue weighted by molar-refractivity contribution is 4.90. The summed E-state index contributed by atoms with van der Waals surface area (Å²) < 4.78 is 2.61. The summed E-state index contributed by atoms with van der Waals surface area (Å²) in [6.07, 6.45) is 42.8. The van der Waals surface area contributed by atoms with E-state index in [-0.39, 0.29) is 0 Å². The minimum absolute atomic E-state index is 0.622. The summed E-state index contributed by atoms with van der Waals surface area (Å²) in [5, 5.41) is 0. The van der Waals surface area contributed by atoms with E-state index in [1.165, 1.54) is 179 Å². The summed E-state index contributed by atoms with van der Waals surface area (Å²) in [6, 6.07) is 0.622. The summed E-state index contributed by atoms with van der Waals surface area (Å²) in [4.78, 5) is 3.70. The van der Waals surface area contributed by atoms with Gasteiger partial charge in [0.25, 0.3) is 5.82 Å². The van der Waals surface area contributed by atoms with Gasteiger partial charge >= 0.3 is 0 Å². The first kappa shape index (κ1) is 35.2. The smallest absolute Gasteiger partial charge is 0.247 e. The van der Waals surface area contributed by atoms with E-state index < -0.39 is 0 Å². The van der Waals surface area contributed by atoms with E-state index in [1.807, 2.05) is 0 Å². The van der Waals surface area contributed by atoms with Crippen molar-refractivity contribution in [2.45, 2.75) is 213 Å². The lowest BCUT2D eigenvalue weighted by Gasteiger charge is -2.17. The van der Waals surface area contributed by atoms with E-state index in [0.29, 0.717) is 12.0 Å². The number of aromatic amines is 1. The molecule has 0 bridgehead atoms. The second kappa shape index (κ2) is 26.4. The third kappa shape index (κ3) is 18.5. The van der Waals surface area contributed by atoms with Crippen LogP contribution >= 0.6 is 0 Å². The molecule has 0 radical (unpaired) electrons. The van der Waals surface area contributed by atoms with Gasteiger partial charge in [0.15, 0.2) is 0 Å². The Bertz CT molecular complexity index is 592. The highest BCUT2D eigenvalue weighted by Crippen LogP contribution is 2.27. The quantitative estimate of drug-likeness (QED) is 0.0783. The van der Waals surface area contributed by atoms with Crippen molar-refractivity contribution in [1.82, 2.24) is 4.98 Å². The number of H-pyrrole nitrogens is 1. The number of aromatic nitrogens is 2. The fourth-order valence-corrected chi connectivity index (χ4v) is 6.25. The van der Waals surface area contributed by atoms with E-state index in [1.54, 1.807) is 0 Å². The normalized spacial score (nSPS) is 13.3. The molecule has 2 nitrogen and oxygen atoms in total. The molecule has 0 fully saturated rings. The van der Waals surface area contributed by atoms with Gasteiger partial charge < -0.3 is 0 Å². The molecule has 2 atom stereocenters. The maximum Gasteiger partial charge on any atom is 0.257 e. The molecule has 2 heteroatoms. The zero-order valence-electron chi connectivity index (χ0n) is 26.8. The molecule has 0 saturated carbocycles. The molecule has 0 aliphatic rings. The Kier molecular flexibility index (Phi) is 24.5. The van der Waals surface area contributed by atoms with Crippen molar-refractivity contribution < 1.29 is 4.57 Å². The molecule has 0 aliphatic heterocycles. The van der Waals surface area contributed by atoms with Gasteiger partial charge in [-0.25, -0.2) is 9.55 Å². The zero-order valence-corrected chi connectivity index (χ0v) is 26.8. The second-order valence-electron chi connectivity index (χ2n) is 12.6. The SMILES string of the molecule is CCCCCCCCCCCCCCCC(CCCCC)c1[nH]cc[n+]1C(C)CCCCCCCCCC. The summed E-state index contributed by atoms with van der Waals surface area (Å²) in [5.41, 5.74) is 0. The molecule has 0 amide bonds. The summed E-state index contributed by atoms with van der Waals surface area (Å²) in [7, 11) is 0. The Labute approximate surface area is 240 Å². The highest BCUT2D eigenvalue weighted by Gasteiger charge is 2.25. The molecular formula is C36H71N2+. The molecule has 0 spiro atoms. The lowest BCUT2D eigenvalue weighted by atomic mass is 9.93. The molecule has 0 saturated heterocycles. The third-order valence-electron chi connectivity index (χ3n) is 8.89. The number of unbranched alkanes of at least 4 members (excludes halogenated alkanes) is 21. The number of rotatable bonds is 29. The molecule has 224 valence electrons. The van der Waals surface area contributed by atoms with Gasteiger partial charge in [0.05, 0.1) is 12.0 Å². The Balaban J connectivity index is 2.30. The van der Waals surface area contributed by atoms with Crippen molar-refractivity contribution in [3.63, 3.8) is 0 Å². The van der Waals surface area contributed by atoms with Crippen LogP contribution in [0.4, 0.5) is 0 Å². The third-order valence-corrected chi connectivity index (χ3v) is 8.89. The Hall–Kier alpha value is -0.790. The van der Waals surface area contributed by atoms with Crippen LogP contribution in [0.5, 0.6) is 0 Å². The van der Waals surface area contributed by atoms with Gasteiger partial charge in [0.2, 0.25) is 0 Å². The van der Waals surface area contributed by atoms with Crippen LogP contribution < -0.4 is 4.57 Å². The fraction of sp³-hybridized carbons (Fsp3) is 0.917. The number of nitrogens with one attached hydrogen (secondary N) is 1. The van der Waals surface area contributed by atoms with Gasteiger partial charge in [-0.1, -0.05) is 168 Å². The summed E-state index contributed by atoms with van der Waals surface area (Å²) in [6.45, 7) is 9.40. The highest BCUT2D eigenvalue weighted by atomic mass is 15.1. The number of nitrogens with zero attached hydrogens (tertiary/aromatic N) is 1. The van der Waals surface area contributed by atoms with E-state index in [4.69, 9.17) is 0 Å². The average molecular weight is 532 g/mol. The predicted octanol–water partition coefficient (Wildman–Crippen LogP) is 12.5. The zero-order chi connectivity index (χ0) is 27.5. The second-order valence-corrected chi connectivity index (χ2v) is 12.6. The maximum atomic E-state index is 3.70. The van der Waals surface area contributed by atoms with Crippen LogP contribution in [0.3, 0.4) is 0 Å². The molecule has 0 aliphatic carbocycles. The Morgan fingerprint density at radius 1 is 0.500 bits per heavy atom. The number of hydrogen-bond donors (Lipinski definition) is 1. The summed E-state index contributed by atoms with van der Waals surface area (Å²) in [5.74, 6) is 2.23. The van der Waals surface area contributed by atoms with E-state index in [9.17, 15) is 0 Å². The minimum Gasteiger partial charge on any atom is -0.247 e. The first-order chi connectivity index (χ1) is 18.7. The largest absolute Gasteiger partial charge is 0.257 e. The van der Waals surface area contributed by atoms with Crippen molar-refractivity contribution >= 4 is 0 Å². The van der Waals surface area contributed by atoms with Gasteiger partial charge in [-0.2, -0.15) is 0 Å². The lowest BCUT2D eigenvalue weighted by Crippen LogP contribution is -2.41. The first-order valence-corrected chi connectivity index (χ1v) is 17.8. The van der Waals surface area contributed by atoms with Crippen LogP contribution in [-0.2, 0) is 0 Å². The van der Waals surface area contributed by atoms with Gasteiger partial charge in [-0.15, -0.1) is 0 Å². The van der Waals surface area contributed by atoms with Crippen LogP contribution in [0.15, 0.2) is 12.4 Å². The molecule has 1 rings (SSSR count). The van der Waals surface area contributed by atoms with Crippen LogP contribution in [0.1, 0.15) is 219 Å². The Morgan fingerprint density at radius 2 is 0.842 bits per heavy atom. The molecule has 38 heavy (non-hydrogen) atoms. The van der Waals surface area contributed by atoms with Gasteiger partial charge in [-0.3, -0.25) is 0 Å². The molecule has 1 N–H and O–H groups in total. The number of imidazole rings is 1. The van der Waals surface area contributed by atoms with Crippen molar-refractivity contribution in [3.8, 4) is 0 Å². The van der Waals surface area contributed by atoms with Crippen molar-refractivity contribution in [2.75, 3.05) is 0 Å². The van der Waals surface area contributed by atoms with Crippen LogP contribution in [0.25, 0.3) is 0 Å². The average Bonchev–Trinajstić information content (AvgIpc) is 3.42. The molecule has 1 aromatic rings. The molecule has 0 aromatic carbocycles. The first-order valence-electron chi connectivity index (χ1n) is 17.8. The summed E-state index contributed by atoms with van der Waals surface area (Å²) >= 11 is 0. The number of hydrogen-bond acceptors (Lipinski definition) is 0. The predicted molar refractivity (Wildman–Crippen MR) is 170 cm³/mol. The van der Waals surface area contributed by atoms with Crippen LogP contribution in [0.2, 0.25) is 0 Å². The van der Waals surface area contributed by atoms with Crippen LogP contribution in [-0.4, -0.2) is 4.98 Å². The van der Waals surface area contributed by atoms with E-state index in [2.05, 4.69) is 49.6 Å². The lowest BCUT2D eigenvalue weighted by molar-refractivity contribution is -0.727. The van der Waals surface area contributed by atoms with Gasteiger partial charge in [-0.05, 0) is 32.6 Å². The fourth-order valence-electron chi connectivity index (χ4n) is 6.25. The van der Waals surface area contributed by atoms with Crippen molar-refractivity contribution in [1.29, 1.82) is 0 Å². The van der Waals surface area contributed by atoms with Crippen molar-refractivity contribution in [2.24, 2.45) is 0 Å². The minimum atomic E-state index is 0.622. The maximum absolute atomic E-state index is 3.70. The van der Waals surface area contributed by atoms with Crippen molar-refractivity contribution in [3.05, 3.63) is 18.2 Å². The standard InChI is InChI=1S/C36H70N2/c1-5-8-11-13-15-17-18-19-20-21-23-25-28-31-35(30-26-10-7-3)36-37-32-33-38(36)34(4)29-27-24-22-16-14-12-9-6-2/h32-35H,5-31H2,1-4H3/p+1. The molecule has 1 aromatic heterocycles. The van der Waals surface area contributed by atoms with Gasteiger partial charge in [0.1, 0.15) is 12.4 Å². The van der Waals surface area contributed by atoms with Crippen LogP contribution in [0, 0.1) is 0 Å². The molecular weight excluding hydrogens is 460 g/mol. The van der Waals surface area contributed by atoms with E-state index >= 15 is 0 Å².